The Morgan fingerprint density at radius 2 is 1.94 bits per heavy atom. The van der Waals surface area contributed by atoms with Crippen molar-refractivity contribution < 1.29 is 19.1 Å². The number of Topliss-reactive ketones (excluding diaryl/α,β-unsaturated/α-hetero) is 1. The number of carbonyl (C=O) groups is 3. The van der Waals surface area contributed by atoms with Gasteiger partial charge in [0.05, 0.1) is 0 Å². The largest absolute Gasteiger partial charge is 0.490 e. The molecule has 6 heteroatoms. The van der Waals surface area contributed by atoms with Crippen molar-refractivity contribution in [2.45, 2.75) is 64.9 Å². The fourth-order valence-corrected chi connectivity index (χ4v) is 5.61. The van der Waals surface area contributed by atoms with Crippen LogP contribution in [0.5, 0.6) is 5.75 Å². The third kappa shape index (κ3) is 5.84. The van der Waals surface area contributed by atoms with E-state index >= 15 is 0 Å². The molecule has 0 radical (unpaired) electrons. The molecule has 2 amide bonds. The number of allylic oxidation sites excluding steroid dienone is 2. The predicted molar refractivity (Wildman–Crippen MR) is 127 cm³/mol. The fraction of sp³-hybridized carbons (Fsp3) is 0.593. The summed E-state index contributed by atoms with van der Waals surface area (Å²) in [4.78, 5) is 37.8. The molecule has 178 valence electrons. The van der Waals surface area contributed by atoms with Crippen molar-refractivity contribution >= 4 is 17.6 Å². The van der Waals surface area contributed by atoms with E-state index < -0.39 is 0 Å². The Hall–Kier alpha value is -2.63. The van der Waals surface area contributed by atoms with Crippen LogP contribution < -0.4 is 10.1 Å². The lowest BCUT2D eigenvalue weighted by molar-refractivity contribution is -0.134. The molecular formula is C27H36N2O4. The van der Waals surface area contributed by atoms with Gasteiger partial charge in [0.2, 0.25) is 5.91 Å². The van der Waals surface area contributed by atoms with Crippen LogP contribution >= 0.6 is 0 Å². The van der Waals surface area contributed by atoms with E-state index in [4.69, 9.17) is 4.74 Å². The summed E-state index contributed by atoms with van der Waals surface area (Å²) in [7, 11) is 0. The fourth-order valence-electron chi connectivity index (χ4n) is 5.61. The lowest BCUT2D eigenvalue weighted by Crippen LogP contribution is -2.41. The zero-order chi connectivity index (χ0) is 23.4. The molecular weight excluding hydrogens is 416 g/mol. The number of hydrogen-bond acceptors (Lipinski definition) is 4. The lowest BCUT2D eigenvalue weighted by Gasteiger charge is -2.32. The maximum absolute atomic E-state index is 12.7. The number of carbonyl (C=O) groups excluding carboxylic acids is 3. The van der Waals surface area contributed by atoms with Gasteiger partial charge in [-0.3, -0.25) is 9.59 Å². The van der Waals surface area contributed by atoms with Gasteiger partial charge in [0, 0.05) is 50.9 Å². The number of fused-ring (bicyclic) bond motifs is 2. The second-order valence-electron chi connectivity index (χ2n) is 10.3. The minimum atomic E-state index is -0.0614. The van der Waals surface area contributed by atoms with Gasteiger partial charge >= 0.3 is 0 Å². The molecule has 0 aromatic heterocycles. The predicted octanol–water partition coefficient (Wildman–Crippen LogP) is 4.15. The normalized spacial score (nSPS) is 26.4. The lowest BCUT2D eigenvalue weighted by atomic mass is 9.75. The van der Waals surface area contributed by atoms with Gasteiger partial charge in [-0.25, -0.2) is 0 Å². The number of ketones is 1. The molecule has 1 saturated carbocycles. The van der Waals surface area contributed by atoms with Crippen LogP contribution in [0.15, 0.2) is 36.4 Å². The van der Waals surface area contributed by atoms with Crippen molar-refractivity contribution in [3.8, 4) is 5.75 Å². The van der Waals surface area contributed by atoms with Gasteiger partial charge in [0.15, 0.2) is 0 Å². The zero-order valence-corrected chi connectivity index (χ0v) is 19.8. The number of nitrogens with one attached hydrogen (secondary N) is 1. The van der Waals surface area contributed by atoms with Gasteiger partial charge in [-0.1, -0.05) is 25.1 Å². The second-order valence-corrected chi connectivity index (χ2v) is 10.3. The van der Waals surface area contributed by atoms with Crippen LogP contribution in [0.3, 0.4) is 0 Å². The van der Waals surface area contributed by atoms with Gasteiger partial charge in [-0.15, -0.1) is 0 Å². The molecule has 2 fully saturated rings. The zero-order valence-electron chi connectivity index (χ0n) is 19.8. The van der Waals surface area contributed by atoms with Gasteiger partial charge < -0.3 is 19.7 Å². The molecule has 3 unspecified atom stereocenters. The Bertz CT molecular complexity index is 918. The summed E-state index contributed by atoms with van der Waals surface area (Å²) in [6.45, 7) is 5.82. The van der Waals surface area contributed by atoms with Crippen LogP contribution in [-0.2, 0) is 9.59 Å². The molecule has 3 atom stereocenters. The Labute approximate surface area is 196 Å². The van der Waals surface area contributed by atoms with E-state index in [0.29, 0.717) is 48.7 Å². The van der Waals surface area contributed by atoms with Crippen molar-refractivity contribution in [2.75, 3.05) is 19.6 Å². The van der Waals surface area contributed by atoms with Gasteiger partial charge in [-0.2, -0.15) is 0 Å². The first kappa shape index (κ1) is 23.5. The van der Waals surface area contributed by atoms with Crippen LogP contribution in [0.4, 0.5) is 0 Å². The van der Waals surface area contributed by atoms with Crippen LogP contribution in [0.1, 0.15) is 69.2 Å². The topological polar surface area (TPSA) is 75.7 Å². The van der Waals surface area contributed by atoms with Crippen molar-refractivity contribution in [1.82, 2.24) is 10.2 Å². The Morgan fingerprint density at radius 1 is 1.15 bits per heavy atom. The number of amides is 2. The van der Waals surface area contributed by atoms with Gasteiger partial charge in [-0.05, 0) is 61.6 Å². The number of rotatable bonds is 9. The quantitative estimate of drug-likeness (QED) is 0.571. The molecule has 3 aliphatic rings. The van der Waals surface area contributed by atoms with E-state index in [2.05, 4.69) is 24.4 Å². The molecule has 1 aromatic rings. The standard InChI is InChI=1S/C27H36N2O4/c1-19(30)6-9-25(31)29-14-10-23(11-15-29)33-24-5-3-4-21(17-24)26(32)28-13-12-27(2)18-20-7-8-22(27)16-20/h3-5,7-8,17,20,22-23H,6,9-16,18H2,1-2H3,(H,28,32). The molecule has 2 bridgehead atoms. The molecule has 6 nitrogen and oxygen atoms in total. The summed E-state index contributed by atoms with van der Waals surface area (Å²) in [6, 6.07) is 7.36. The first-order valence-electron chi connectivity index (χ1n) is 12.3. The number of benzene rings is 1. The average Bonchev–Trinajstić information content (AvgIpc) is 3.39. The second kappa shape index (κ2) is 10.1. The maximum atomic E-state index is 12.7. The number of nitrogens with zero attached hydrogens (tertiary/aromatic N) is 1. The highest BCUT2D eigenvalue weighted by atomic mass is 16.5. The van der Waals surface area contributed by atoms with E-state index in [9.17, 15) is 14.4 Å². The molecule has 4 rings (SSSR count). The summed E-state index contributed by atoms with van der Waals surface area (Å²) in [6.07, 6.45) is 10.3. The Kier molecular flexibility index (Phi) is 7.20. The van der Waals surface area contributed by atoms with Crippen molar-refractivity contribution in [1.29, 1.82) is 0 Å². The number of likely N-dealkylation sites (tertiary alicyclic amines) is 1. The van der Waals surface area contributed by atoms with Gasteiger partial charge in [0.25, 0.3) is 5.91 Å². The SMILES string of the molecule is CC(=O)CCC(=O)N1CCC(Oc2cccc(C(=O)NCCC3(C)CC4C=CC3C4)c2)CC1. The van der Waals surface area contributed by atoms with E-state index in [1.54, 1.807) is 0 Å². The monoisotopic (exact) mass is 452 g/mol. The highest BCUT2D eigenvalue weighted by Gasteiger charge is 2.44. The third-order valence-electron chi connectivity index (χ3n) is 7.66. The van der Waals surface area contributed by atoms with E-state index in [-0.39, 0.29) is 30.1 Å². The van der Waals surface area contributed by atoms with E-state index in [1.165, 1.54) is 19.8 Å². The van der Waals surface area contributed by atoms with Crippen molar-refractivity contribution in [2.24, 2.45) is 17.3 Å². The molecule has 1 heterocycles. The van der Waals surface area contributed by atoms with Crippen LogP contribution in [0.25, 0.3) is 0 Å². The number of piperidine rings is 1. The molecule has 1 N–H and O–H groups in total. The number of ether oxygens (including phenoxy) is 1. The van der Waals surface area contributed by atoms with E-state index in [0.717, 1.165) is 25.2 Å². The highest BCUT2D eigenvalue weighted by Crippen LogP contribution is 2.53. The Morgan fingerprint density at radius 3 is 2.61 bits per heavy atom. The molecule has 1 aromatic carbocycles. The van der Waals surface area contributed by atoms with Crippen LogP contribution in [-0.4, -0.2) is 48.2 Å². The maximum Gasteiger partial charge on any atom is 0.251 e. The van der Waals surface area contributed by atoms with Gasteiger partial charge in [0.1, 0.15) is 17.6 Å². The summed E-state index contributed by atoms with van der Waals surface area (Å²) in [5.41, 5.74) is 0.919. The summed E-state index contributed by atoms with van der Waals surface area (Å²) in [5.74, 6) is 2.10. The third-order valence-corrected chi connectivity index (χ3v) is 7.66. The van der Waals surface area contributed by atoms with Crippen molar-refractivity contribution in [3.63, 3.8) is 0 Å². The average molecular weight is 453 g/mol. The number of hydrogen-bond donors (Lipinski definition) is 1. The minimum Gasteiger partial charge on any atom is -0.490 e. The van der Waals surface area contributed by atoms with Crippen LogP contribution in [0.2, 0.25) is 0 Å². The van der Waals surface area contributed by atoms with Crippen molar-refractivity contribution in [3.05, 3.63) is 42.0 Å². The first-order valence-corrected chi connectivity index (χ1v) is 12.3. The highest BCUT2D eigenvalue weighted by molar-refractivity contribution is 5.94. The molecule has 1 aliphatic heterocycles. The Balaban J connectivity index is 1.22. The summed E-state index contributed by atoms with van der Waals surface area (Å²) >= 11 is 0. The molecule has 33 heavy (non-hydrogen) atoms. The summed E-state index contributed by atoms with van der Waals surface area (Å²) < 4.78 is 6.13. The van der Waals surface area contributed by atoms with Crippen LogP contribution in [0, 0.1) is 17.3 Å². The minimum absolute atomic E-state index is 0.0194. The summed E-state index contributed by atoms with van der Waals surface area (Å²) in [5, 5.41) is 3.09. The molecule has 0 spiro atoms. The smallest absolute Gasteiger partial charge is 0.251 e. The molecule has 2 aliphatic carbocycles. The molecule has 1 saturated heterocycles. The first-order chi connectivity index (χ1) is 15.8. The van der Waals surface area contributed by atoms with E-state index in [1.807, 2.05) is 29.2 Å².